The van der Waals surface area contributed by atoms with E-state index in [1.807, 2.05) is 0 Å². The van der Waals surface area contributed by atoms with Crippen LogP contribution in [0.1, 0.15) is 16.8 Å². The van der Waals surface area contributed by atoms with E-state index in [1.54, 1.807) is 35.6 Å². The van der Waals surface area contributed by atoms with Gasteiger partial charge in [0.05, 0.1) is 12.2 Å². The summed E-state index contributed by atoms with van der Waals surface area (Å²) in [4.78, 5) is 10.7. The van der Waals surface area contributed by atoms with Crippen molar-refractivity contribution in [1.29, 1.82) is 0 Å². The van der Waals surface area contributed by atoms with Crippen molar-refractivity contribution in [2.75, 3.05) is 12.4 Å². The number of aromatic nitrogens is 4. The predicted octanol–water partition coefficient (Wildman–Crippen LogP) is 1.47. The van der Waals surface area contributed by atoms with Gasteiger partial charge in [-0.1, -0.05) is 11.8 Å². The van der Waals surface area contributed by atoms with Gasteiger partial charge >= 0.3 is 5.97 Å². The van der Waals surface area contributed by atoms with Crippen molar-refractivity contribution in [2.45, 2.75) is 11.6 Å². The Balaban J connectivity index is 1.68. The van der Waals surface area contributed by atoms with E-state index in [2.05, 4.69) is 15.5 Å². The molecule has 0 saturated carbocycles. The molecule has 0 spiro atoms. The van der Waals surface area contributed by atoms with Crippen LogP contribution in [0.25, 0.3) is 0 Å². The average molecular weight is 294 g/mol. The van der Waals surface area contributed by atoms with E-state index < -0.39 is 5.97 Å². The Kier molecular flexibility index (Phi) is 4.94. The zero-order valence-corrected chi connectivity index (χ0v) is 11.7. The molecule has 7 nitrogen and oxygen atoms in total. The molecule has 2 rings (SSSR count). The third-order valence-electron chi connectivity index (χ3n) is 2.47. The van der Waals surface area contributed by atoms with Crippen LogP contribution >= 0.6 is 11.8 Å². The molecule has 0 bridgehead atoms. The van der Waals surface area contributed by atoms with E-state index in [0.29, 0.717) is 12.4 Å². The topological polar surface area (TPSA) is 90.1 Å². The number of nitrogens with zero attached hydrogens (tertiary/aromatic N) is 4. The maximum Gasteiger partial charge on any atom is 0.335 e. The minimum Gasteiger partial charge on any atom is -0.494 e. The fourth-order valence-electron chi connectivity index (χ4n) is 1.45. The quantitative estimate of drug-likeness (QED) is 0.610. The lowest BCUT2D eigenvalue weighted by atomic mass is 10.2. The van der Waals surface area contributed by atoms with Crippen LogP contribution in [0.5, 0.6) is 5.75 Å². The summed E-state index contributed by atoms with van der Waals surface area (Å²) in [7, 11) is 1.79. The highest BCUT2D eigenvalue weighted by molar-refractivity contribution is 7.99. The molecule has 0 aliphatic heterocycles. The van der Waals surface area contributed by atoms with Crippen LogP contribution in [0.2, 0.25) is 0 Å². The van der Waals surface area contributed by atoms with Crippen LogP contribution in [0.3, 0.4) is 0 Å². The molecule has 1 aromatic carbocycles. The maximum absolute atomic E-state index is 10.7. The molecule has 0 amide bonds. The second-order valence-electron chi connectivity index (χ2n) is 3.97. The fourth-order valence-corrected chi connectivity index (χ4v) is 2.21. The lowest BCUT2D eigenvalue weighted by Crippen LogP contribution is -2.01. The van der Waals surface area contributed by atoms with Gasteiger partial charge in [0.25, 0.3) is 0 Å². The Morgan fingerprint density at radius 3 is 2.75 bits per heavy atom. The van der Waals surface area contributed by atoms with Crippen molar-refractivity contribution in [3.63, 3.8) is 0 Å². The van der Waals surface area contributed by atoms with Gasteiger partial charge in [0.15, 0.2) is 0 Å². The number of tetrazole rings is 1. The number of hydrogen-bond acceptors (Lipinski definition) is 6. The first-order chi connectivity index (χ1) is 9.66. The lowest BCUT2D eigenvalue weighted by Gasteiger charge is -2.05. The smallest absolute Gasteiger partial charge is 0.335 e. The van der Waals surface area contributed by atoms with Crippen LogP contribution in [0, 0.1) is 0 Å². The summed E-state index contributed by atoms with van der Waals surface area (Å²) in [5, 5.41) is 20.7. The Morgan fingerprint density at radius 1 is 1.40 bits per heavy atom. The Morgan fingerprint density at radius 2 is 2.15 bits per heavy atom. The van der Waals surface area contributed by atoms with Crippen molar-refractivity contribution in [1.82, 2.24) is 20.2 Å². The highest BCUT2D eigenvalue weighted by Gasteiger charge is 2.03. The van der Waals surface area contributed by atoms with Gasteiger partial charge < -0.3 is 9.84 Å². The van der Waals surface area contributed by atoms with E-state index in [0.717, 1.165) is 17.3 Å². The molecule has 0 radical (unpaired) electrons. The van der Waals surface area contributed by atoms with E-state index in [-0.39, 0.29) is 5.56 Å². The number of carbonyl (C=O) groups is 1. The van der Waals surface area contributed by atoms with Crippen LogP contribution < -0.4 is 4.74 Å². The molecule has 106 valence electrons. The highest BCUT2D eigenvalue weighted by Crippen LogP contribution is 2.15. The fraction of sp³-hybridized carbons (Fsp3) is 0.333. The van der Waals surface area contributed by atoms with Gasteiger partial charge in [-0.15, -0.1) is 5.10 Å². The summed E-state index contributed by atoms with van der Waals surface area (Å²) < 4.78 is 7.15. The van der Waals surface area contributed by atoms with Gasteiger partial charge in [-0.3, -0.25) is 0 Å². The Labute approximate surface area is 119 Å². The minimum atomic E-state index is -0.940. The Hall–Kier alpha value is -2.09. The first-order valence-electron chi connectivity index (χ1n) is 5.98. The van der Waals surface area contributed by atoms with Crippen LogP contribution in [0.15, 0.2) is 29.4 Å². The van der Waals surface area contributed by atoms with Gasteiger partial charge in [-0.25, -0.2) is 9.48 Å². The SMILES string of the molecule is Cn1nnnc1SCCCOc1ccc(C(=O)O)cc1. The monoisotopic (exact) mass is 294 g/mol. The molecule has 0 saturated heterocycles. The summed E-state index contributed by atoms with van der Waals surface area (Å²) >= 11 is 1.56. The van der Waals surface area contributed by atoms with Gasteiger partial charge in [0.2, 0.25) is 5.16 Å². The molecule has 8 heteroatoms. The number of aryl methyl sites for hydroxylation is 1. The predicted molar refractivity (Wildman–Crippen MR) is 73.0 cm³/mol. The molecule has 0 aliphatic carbocycles. The van der Waals surface area contributed by atoms with Crippen molar-refractivity contribution < 1.29 is 14.6 Å². The molecule has 2 aromatic rings. The third-order valence-corrected chi connectivity index (χ3v) is 3.57. The summed E-state index contributed by atoms with van der Waals surface area (Å²) in [6.45, 7) is 0.560. The largest absolute Gasteiger partial charge is 0.494 e. The number of carboxylic acids is 1. The maximum atomic E-state index is 10.7. The molecular formula is C12H14N4O3S. The molecule has 0 aliphatic rings. The highest BCUT2D eigenvalue weighted by atomic mass is 32.2. The van der Waals surface area contributed by atoms with E-state index in [1.165, 1.54) is 12.1 Å². The van der Waals surface area contributed by atoms with Gasteiger partial charge in [0.1, 0.15) is 5.75 Å². The third kappa shape index (κ3) is 3.95. The van der Waals surface area contributed by atoms with Crippen molar-refractivity contribution in [3.05, 3.63) is 29.8 Å². The number of thioether (sulfide) groups is 1. The van der Waals surface area contributed by atoms with Gasteiger partial charge in [-0.2, -0.15) is 0 Å². The zero-order valence-electron chi connectivity index (χ0n) is 10.9. The summed E-state index contributed by atoms with van der Waals surface area (Å²) in [5.41, 5.74) is 0.252. The zero-order chi connectivity index (χ0) is 14.4. The first kappa shape index (κ1) is 14.3. The van der Waals surface area contributed by atoms with Crippen LogP contribution in [-0.4, -0.2) is 43.6 Å². The van der Waals surface area contributed by atoms with E-state index in [4.69, 9.17) is 9.84 Å². The lowest BCUT2D eigenvalue weighted by molar-refractivity contribution is 0.0697. The molecule has 1 heterocycles. The second kappa shape index (κ2) is 6.90. The first-order valence-corrected chi connectivity index (χ1v) is 6.96. The number of rotatable bonds is 7. The summed E-state index contributed by atoms with van der Waals surface area (Å²) in [6, 6.07) is 6.36. The second-order valence-corrected chi connectivity index (χ2v) is 5.03. The number of benzene rings is 1. The van der Waals surface area contributed by atoms with Crippen LogP contribution in [0.4, 0.5) is 0 Å². The van der Waals surface area contributed by atoms with Crippen molar-refractivity contribution in [2.24, 2.45) is 7.05 Å². The molecule has 20 heavy (non-hydrogen) atoms. The van der Waals surface area contributed by atoms with Gasteiger partial charge in [-0.05, 0) is 41.1 Å². The normalized spacial score (nSPS) is 10.4. The summed E-state index contributed by atoms with van der Waals surface area (Å²) in [6.07, 6.45) is 0.845. The number of hydrogen-bond donors (Lipinski definition) is 1. The van der Waals surface area contributed by atoms with Crippen LogP contribution in [-0.2, 0) is 7.05 Å². The minimum absolute atomic E-state index is 0.252. The van der Waals surface area contributed by atoms with Crippen molar-refractivity contribution in [3.8, 4) is 5.75 Å². The van der Waals surface area contributed by atoms with E-state index >= 15 is 0 Å². The number of ether oxygens (including phenoxy) is 1. The molecule has 0 fully saturated rings. The van der Waals surface area contributed by atoms with E-state index in [9.17, 15) is 4.79 Å². The molecule has 1 N–H and O–H groups in total. The molecular weight excluding hydrogens is 280 g/mol. The van der Waals surface area contributed by atoms with Crippen molar-refractivity contribution >= 4 is 17.7 Å². The van der Waals surface area contributed by atoms with Gasteiger partial charge in [0, 0.05) is 12.8 Å². The average Bonchev–Trinajstić information content (AvgIpc) is 2.84. The molecule has 0 atom stereocenters. The standard InChI is InChI=1S/C12H14N4O3S/c1-16-12(13-14-15-16)20-8-2-7-19-10-5-3-9(4-6-10)11(17)18/h3-6H,2,7-8H2,1H3,(H,17,18). The Bertz CT molecular complexity index is 570. The number of aromatic carboxylic acids is 1. The molecule has 1 aromatic heterocycles. The molecule has 0 unspecified atom stereocenters. The summed E-state index contributed by atoms with van der Waals surface area (Å²) in [5.74, 6) is 0.576. The number of carboxylic acid groups (broad SMARTS) is 1.